The summed E-state index contributed by atoms with van der Waals surface area (Å²) < 4.78 is 0. The minimum absolute atomic E-state index is 0.685. The first-order chi connectivity index (χ1) is 7.33. The van der Waals surface area contributed by atoms with Crippen LogP contribution in [0.5, 0.6) is 0 Å². The predicted octanol–water partition coefficient (Wildman–Crippen LogP) is 3.20. The average Bonchev–Trinajstić information content (AvgIpc) is 2.29. The molecule has 0 N–H and O–H groups in total. The van der Waals surface area contributed by atoms with E-state index in [4.69, 9.17) is 16.9 Å². The molecule has 0 radical (unpaired) electrons. The molecule has 0 aromatic heterocycles. The van der Waals surface area contributed by atoms with Gasteiger partial charge in [0, 0.05) is 13.1 Å². The van der Waals surface area contributed by atoms with Crippen LogP contribution >= 0.6 is 11.6 Å². The van der Waals surface area contributed by atoms with Gasteiger partial charge in [0.05, 0.1) is 16.3 Å². The maximum Gasteiger partial charge on any atom is 0.101 e. The van der Waals surface area contributed by atoms with Crippen molar-refractivity contribution in [2.24, 2.45) is 0 Å². The van der Waals surface area contributed by atoms with Gasteiger partial charge in [0.25, 0.3) is 0 Å². The molecule has 1 aliphatic rings. The van der Waals surface area contributed by atoms with Crippen LogP contribution in [0, 0.1) is 11.3 Å². The first-order valence-electron chi connectivity index (χ1n) is 5.26. The molecule has 2 nitrogen and oxygen atoms in total. The minimum Gasteiger partial charge on any atom is -0.369 e. The Balaban J connectivity index is 2.37. The molecule has 78 valence electrons. The van der Waals surface area contributed by atoms with Crippen molar-refractivity contribution >= 4 is 17.3 Å². The molecule has 1 aliphatic heterocycles. The number of hydrogen-bond donors (Lipinski definition) is 0. The van der Waals surface area contributed by atoms with E-state index in [2.05, 4.69) is 11.0 Å². The second-order valence-electron chi connectivity index (χ2n) is 3.80. The monoisotopic (exact) mass is 220 g/mol. The van der Waals surface area contributed by atoms with Crippen LogP contribution in [0.25, 0.3) is 0 Å². The van der Waals surface area contributed by atoms with Gasteiger partial charge in [-0.2, -0.15) is 5.26 Å². The van der Waals surface area contributed by atoms with Gasteiger partial charge in [-0.25, -0.2) is 0 Å². The Morgan fingerprint density at radius 3 is 2.60 bits per heavy atom. The van der Waals surface area contributed by atoms with Crippen molar-refractivity contribution in [3.63, 3.8) is 0 Å². The van der Waals surface area contributed by atoms with Crippen molar-refractivity contribution in [3.05, 3.63) is 28.8 Å². The van der Waals surface area contributed by atoms with Crippen molar-refractivity contribution in [2.75, 3.05) is 18.0 Å². The third-order valence-electron chi connectivity index (χ3n) is 2.78. The lowest BCUT2D eigenvalue weighted by molar-refractivity contribution is 0.577. The van der Waals surface area contributed by atoms with E-state index in [-0.39, 0.29) is 0 Å². The maximum absolute atomic E-state index is 9.04. The maximum atomic E-state index is 9.04. The number of piperidine rings is 1. The SMILES string of the molecule is N#Cc1cccc(Cl)c1N1CCCCC1. The highest BCUT2D eigenvalue weighted by molar-refractivity contribution is 6.33. The second kappa shape index (κ2) is 4.55. The third-order valence-corrected chi connectivity index (χ3v) is 3.08. The Kier molecular flexibility index (Phi) is 3.13. The van der Waals surface area contributed by atoms with E-state index in [9.17, 15) is 0 Å². The molecule has 0 atom stereocenters. The smallest absolute Gasteiger partial charge is 0.101 e. The topological polar surface area (TPSA) is 27.0 Å². The molecule has 1 fully saturated rings. The quantitative estimate of drug-likeness (QED) is 0.727. The summed E-state index contributed by atoms with van der Waals surface area (Å²) in [6.07, 6.45) is 3.66. The molecular weight excluding hydrogens is 208 g/mol. The zero-order chi connectivity index (χ0) is 10.7. The predicted molar refractivity (Wildman–Crippen MR) is 62.2 cm³/mol. The molecule has 3 heteroatoms. The number of para-hydroxylation sites is 1. The summed E-state index contributed by atoms with van der Waals surface area (Å²) in [6, 6.07) is 7.72. The summed E-state index contributed by atoms with van der Waals surface area (Å²) in [5.41, 5.74) is 1.60. The van der Waals surface area contributed by atoms with Gasteiger partial charge in [0.1, 0.15) is 6.07 Å². The van der Waals surface area contributed by atoms with E-state index in [1.54, 1.807) is 0 Å². The molecule has 0 unspecified atom stereocenters. The summed E-state index contributed by atoms with van der Waals surface area (Å²) in [6.45, 7) is 2.02. The number of halogens is 1. The Labute approximate surface area is 95.1 Å². The first-order valence-corrected chi connectivity index (χ1v) is 5.64. The van der Waals surface area contributed by atoms with E-state index in [0.717, 1.165) is 18.8 Å². The highest BCUT2D eigenvalue weighted by Gasteiger charge is 2.16. The summed E-state index contributed by atoms with van der Waals surface area (Å²) in [4.78, 5) is 2.23. The molecule has 1 heterocycles. The molecule has 0 amide bonds. The fourth-order valence-electron chi connectivity index (χ4n) is 2.04. The van der Waals surface area contributed by atoms with Gasteiger partial charge in [0.15, 0.2) is 0 Å². The Bertz CT molecular complexity index is 389. The van der Waals surface area contributed by atoms with E-state index in [0.29, 0.717) is 10.6 Å². The van der Waals surface area contributed by atoms with Crippen LogP contribution in [0.15, 0.2) is 18.2 Å². The molecule has 0 bridgehead atoms. The van der Waals surface area contributed by atoms with Crippen LogP contribution < -0.4 is 4.90 Å². The van der Waals surface area contributed by atoms with Crippen molar-refractivity contribution in [2.45, 2.75) is 19.3 Å². The number of nitrogens with zero attached hydrogens (tertiary/aromatic N) is 2. The summed E-state index contributed by atoms with van der Waals surface area (Å²) in [5.74, 6) is 0. The van der Waals surface area contributed by atoms with Crippen LogP contribution in [0.1, 0.15) is 24.8 Å². The van der Waals surface area contributed by atoms with Gasteiger partial charge < -0.3 is 4.90 Å². The fourth-order valence-corrected chi connectivity index (χ4v) is 2.34. The third kappa shape index (κ3) is 2.08. The summed E-state index contributed by atoms with van der Waals surface area (Å²) in [7, 11) is 0. The first kappa shape index (κ1) is 10.3. The number of anilines is 1. The Hall–Kier alpha value is -1.20. The Morgan fingerprint density at radius 2 is 1.93 bits per heavy atom. The Morgan fingerprint density at radius 1 is 1.20 bits per heavy atom. The van der Waals surface area contributed by atoms with Crippen molar-refractivity contribution in [3.8, 4) is 6.07 Å². The average molecular weight is 221 g/mol. The zero-order valence-corrected chi connectivity index (χ0v) is 9.30. The molecule has 1 aromatic rings. The van der Waals surface area contributed by atoms with Crippen LogP contribution in [-0.2, 0) is 0 Å². The van der Waals surface area contributed by atoms with E-state index in [1.165, 1.54) is 19.3 Å². The normalized spacial score (nSPS) is 16.1. The largest absolute Gasteiger partial charge is 0.369 e. The molecule has 0 aliphatic carbocycles. The van der Waals surface area contributed by atoms with Gasteiger partial charge in [-0.05, 0) is 31.4 Å². The number of rotatable bonds is 1. The lowest BCUT2D eigenvalue weighted by atomic mass is 10.1. The van der Waals surface area contributed by atoms with Crippen molar-refractivity contribution < 1.29 is 0 Å². The molecular formula is C12H13ClN2. The highest BCUT2D eigenvalue weighted by atomic mass is 35.5. The lowest BCUT2D eigenvalue weighted by Crippen LogP contribution is -2.30. The molecule has 0 spiro atoms. The van der Waals surface area contributed by atoms with Gasteiger partial charge in [-0.15, -0.1) is 0 Å². The van der Waals surface area contributed by atoms with Gasteiger partial charge in [0.2, 0.25) is 0 Å². The van der Waals surface area contributed by atoms with Crippen LogP contribution in [0.2, 0.25) is 5.02 Å². The molecule has 0 saturated carbocycles. The van der Waals surface area contributed by atoms with Crippen LogP contribution in [0.4, 0.5) is 5.69 Å². The lowest BCUT2D eigenvalue weighted by Gasteiger charge is -2.30. The molecule has 2 rings (SSSR count). The van der Waals surface area contributed by atoms with Gasteiger partial charge in [-0.1, -0.05) is 17.7 Å². The zero-order valence-electron chi connectivity index (χ0n) is 8.54. The molecule has 1 aromatic carbocycles. The van der Waals surface area contributed by atoms with Crippen LogP contribution in [-0.4, -0.2) is 13.1 Å². The van der Waals surface area contributed by atoms with E-state index in [1.807, 2.05) is 18.2 Å². The number of hydrogen-bond acceptors (Lipinski definition) is 2. The van der Waals surface area contributed by atoms with Crippen molar-refractivity contribution in [1.29, 1.82) is 5.26 Å². The molecule has 15 heavy (non-hydrogen) atoms. The number of benzene rings is 1. The summed E-state index contributed by atoms with van der Waals surface area (Å²) >= 11 is 6.15. The highest BCUT2D eigenvalue weighted by Crippen LogP contribution is 2.31. The molecule has 1 saturated heterocycles. The van der Waals surface area contributed by atoms with Crippen LogP contribution in [0.3, 0.4) is 0 Å². The standard InChI is InChI=1S/C12H13ClN2/c13-11-6-4-5-10(9-14)12(11)15-7-2-1-3-8-15/h4-6H,1-3,7-8H2. The second-order valence-corrected chi connectivity index (χ2v) is 4.20. The van der Waals surface area contributed by atoms with Gasteiger partial charge in [-0.3, -0.25) is 0 Å². The fraction of sp³-hybridized carbons (Fsp3) is 0.417. The summed E-state index contributed by atoms with van der Waals surface area (Å²) in [5, 5.41) is 9.73. The number of nitriles is 1. The van der Waals surface area contributed by atoms with E-state index < -0.39 is 0 Å². The van der Waals surface area contributed by atoms with Gasteiger partial charge >= 0.3 is 0 Å². The van der Waals surface area contributed by atoms with Crippen molar-refractivity contribution in [1.82, 2.24) is 0 Å². The van der Waals surface area contributed by atoms with E-state index >= 15 is 0 Å². The minimum atomic E-state index is 0.685.